The van der Waals surface area contributed by atoms with Crippen molar-refractivity contribution in [2.45, 2.75) is 0 Å². The van der Waals surface area contributed by atoms with Crippen LogP contribution in [0.25, 0.3) is 0 Å². The monoisotopic (exact) mass is 401 g/mol. The normalized spacial score (nSPS) is 10.4. The smallest absolute Gasteiger partial charge is 0.0472 e. The zero-order valence-electron chi connectivity index (χ0n) is 11.2. The summed E-state index contributed by atoms with van der Waals surface area (Å²) in [7, 11) is 0. The van der Waals surface area contributed by atoms with Gasteiger partial charge in [0.25, 0.3) is 0 Å². The van der Waals surface area contributed by atoms with Gasteiger partial charge in [0.05, 0.1) is 0 Å². The third kappa shape index (κ3) is 3.36. The molecule has 3 aromatic carbocycles. The number of halogens is 2. The van der Waals surface area contributed by atoms with E-state index in [-0.39, 0.29) is 0 Å². The molecule has 3 heteroatoms. The van der Waals surface area contributed by atoms with Gasteiger partial charge < -0.3 is 4.90 Å². The highest BCUT2D eigenvalue weighted by Crippen LogP contribution is 2.35. The van der Waals surface area contributed by atoms with Crippen LogP contribution in [0.15, 0.2) is 87.8 Å². The maximum absolute atomic E-state index is 3.55. The molecule has 104 valence electrons. The van der Waals surface area contributed by atoms with E-state index in [4.69, 9.17) is 0 Å². The highest BCUT2D eigenvalue weighted by molar-refractivity contribution is 9.10. The summed E-state index contributed by atoms with van der Waals surface area (Å²) in [5, 5.41) is 0. The molecule has 21 heavy (non-hydrogen) atoms. The number of benzene rings is 3. The third-order valence-electron chi connectivity index (χ3n) is 3.17. The summed E-state index contributed by atoms with van der Waals surface area (Å²) >= 11 is 7.05. The van der Waals surface area contributed by atoms with Gasteiger partial charge >= 0.3 is 0 Å². The van der Waals surface area contributed by atoms with E-state index in [0.717, 1.165) is 26.0 Å². The molecule has 0 N–H and O–H groups in total. The summed E-state index contributed by atoms with van der Waals surface area (Å²) in [4.78, 5) is 2.23. The lowest BCUT2D eigenvalue weighted by atomic mass is 10.2. The average Bonchev–Trinajstić information content (AvgIpc) is 2.51. The lowest BCUT2D eigenvalue weighted by Gasteiger charge is -2.25. The molecule has 3 rings (SSSR count). The molecule has 0 saturated carbocycles. The summed E-state index contributed by atoms with van der Waals surface area (Å²) in [6, 6.07) is 27.0. The van der Waals surface area contributed by atoms with Gasteiger partial charge in [0.1, 0.15) is 0 Å². The van der Waals surface area contributed by atoms with E-state index < -0.39 is 0 Å². The Morgan fingerprint density at radius 3 is 1.81 bits per heavy atom. The van der Waals surface area contributed by atoms with Gasteiger partial charge in [-0.1, -0.05) is 56.1 Å². The maximum atomic E-state index is 3.55. The fourth-order valence-electron chi connectivity index (χ4n) is 2.23. The SMILES string of the molecule is Brc1ccc(N(c2ccccc2)c2cccc(Br)c2)cc1. The van der Waals surface area contributed by atoms with Crippen molar-refractivity contribution in [2.24, 2.45) is 0 Å². The molecule has 0 aromatic heterocycles. The summed E-state index contributed by atoms with van der Waals surface area (Å²) in [5.41, 5.74) is 3.39. The molecule has 0 bridgehead atoms. The first-order chi connectivity index (χ1) is 10.2. The molecule has 0 saturated heterocycles. The molecular formula is C18H13Br2N. The van der Waals surface area contributed by atoms with Crippen LogP contribution in [0.4, 0.5) is 17.1 Å². The van der Waals surface area contributed by atoms with Gasteiger partial charge in [-0.2, -0.15) is 0 Å². The molecular weight excluding hydrogens is 390 g/mol. The second kappa shape index (κ2) is 6.46. The summed E-state index contributed by atoms with van der Waals surface area (Å²) < 4.78 is 2.14. The van der Waals surface area contributed by atoms with E-state index in [1.54, 1.807) is 0 Å². The van der Waals surface area contributed by atoms with E-state index in [2.05, 4.69) is 97.4 Å². The van der Waals surface area contributed by atoms with Crippen LogP contribution >= 0.6 is 31.9 Å². The van der Waals surface area contributed by atoms with E-state index in [0.29, 0.717) is 0 Å². The van der Waals surface area contributed by atoms with Crippen LogP contribution in [0.2, 0.25) is 0 Å². The van der Waals surface area contributed by atoms with E-state index in [9.17, 15) is 0 Å². The van der Waals surface area contributed by atoms with Crippen molar-refractivity contribution >= 4 is 48.9 Å². The Balaban J connectivity index is 2.13. The Kier molecular flexibility index (Phi) is 4.42. The van der Waals surface area contributed by atoms with Crippen molar-refractivity contribution in [1.29, 1.82) is 0 Å². The van der Waals surface area contributed by atoms with Crippen molar-refractivity contribution in [3.63, 3.8) is 0 Å². The lowest BCUT2D eigenvalue weighted by molar-refractivity contribution is 1.28. The Morgan fingerprint density at radius 2 is 1.14 bits per heavy atom. The molecule has 0 radical (unpaired) electrons. The second-order valence-corrected chi connectivity index (χ2v) is 6.46. The molecule has 0 atom stereocenters. The molecule has 0 spiro atoms. The Labute approximate surface area is 141 Å². The molecule has 1 nitrogen and oxygen atoms in total. The number of hydrogen-bond donors (Lipinski definition) is 0. The minimum atomic E-state index is 1.07. The molecule has 0 aliphatic rings. The Hall–Kier alpha value is -1.58. The van der Waals surface area contributed by atoms with Crippen molar-refractivity contribution in [3.8, 4) is 0 Å². The van der Waals surface area contributed by atoms with Crippen molar-refractivity contribution in [1.82, 2.24) is 0 Å². The van der Waals surface area contributed by atoms with Crippen LogP contribution in [0.5, 0.6) is 0 Å². The van der Waals surface area contributed by atoms with Crippen molar-refractivity contribution < 1.29 is 0 Å². The third-order valence-corrected chi connectivity index (χ3v) is 4.19. The fraction of sp³-hybridized carbons (Fsp3) is 0. The summed E-state index contributed by atoms with van der Waals surface area (Å²) in [6.45, 7) is 0. The zero-order valence-corrected chi connectivity index (χ0v) is 14.4. The first-order valence-electron chi connectivity index (χ1n) is 6.60. The first-order valence-corrected chi connectivity index (χ1v) is 8.19. The number of anilines is 3. The molecule has 3 aromatic rings. The highest BCUT2D eigenvalue weighted by atomic mass is 79.9. The molecule has 0 heterocycles. The Bertz CT molecular complexity index is 724. The van der Waals surface area contributed by atoms with Crippen LogP contribution < -0.4 is 4.90 Å². The predicted molar refractivity (Wildman–Crippen MR) is 96.5 cm³/mol. The molecule has 0 unspecified atom stereocenters. The first kappa shape index (κ1) is 14.4. The van der Waals surface area contributed by atoms with E-state index >= 15 is 0 Å². The number of nitrogens with zero attached hydrogens (tertiary/aromatic N) is 1. The van der Waals surface area contributed by atoms with E-state index in [1.165, 1.54) is 0 Å². The van der Waals surface area contributed by atoms with Crippen LogP contribution in [0.1, 0.15) is 0 Å². The van der Waals surface area contributed by atoms with Gasteiger partial charge in [0, 0.05) is 26.0 Å². The van der Waals surface area contributed by atoms with Crippen molar-refractivity contribution in [3.05, 3.63) is 87.8 Å². The largest absolute Gasteiger partial charge is 0.310 e. The standard InChI is InChI=1S/C18H13Br2N/c19-14-9-11-17(12-10-14)21(16-6-2-1-3-7-16)18-8-4-5-15(20)13-18/h1-13H. The molecule has 0 fully saturated rings. The molecule has 0 aliphatic carbocycles. The number of hydrogen-bond acceptors (Lipinski definition) is 1. The Morgan fingerprint density at radius 1 is 0.524 bits per heavy atom. The summed E-state index contributed by atoms with van der Waals surface area (Å²) in [6.07, 6.45) is 0. The quantitative estimate of drug-likeness (QED) is 0.472. The van der Waals surface area contributed by atoms with Gasteiger partial charge in [-0.25, -0.2) is 0 Å². The average molecular weight is 403 g/mol. The van der Waals surface area contributed by atoms with Gasteiger partial charge in [-0.05, 0) is 54.6 Å². The highest BCUT2D eigenvalue weighted by Gasteiger charge is 2.11. The van der Waals surface area contributed by atoms with Gasteiger partial charge in [0.2, 0.25) is 0 Å². The number of rotatable bonds is 3. The lowest BCUT2D eigenvalue weighted by Crippen LogP contribution is -2.09. The minimum absolute atomic E-state index is 1.07. The second-order valence-electron chi connectivity index (χ2n) is 4.63. The predicted octanol–water partition coefficient (Wildman–Crippen LogP) is 6.68. The molecule has 0 amide bonds. The van der Waals surface area contributed by atoms with Gasteiger partial charge in [-0.3, -0.25) is 0 Å². The van der Waals surface area contributed by atoms with Gasteiger partial charge in [0.15, 0.2) is 0 Å². The maximum Gasteiger partial charge on any atom is 0.0472 e. The zero-order chi connectivity index (χ0) is 14.7. The molecule has 0 aliphatic heterocycles. The number of para-hydroxylation sites is 1. The van der Waals surface area contributed by atoms with Gasteiger partial charge in [-0.15, -0.1) is 0 Å². The van der Waals surface area contributed by atoms with E-state index in [1.807, 2.05) is 18.2 Å². The van der Waals surface area contributed by atoms with Crippen LogP contribution in [-0.2, 0) is 0 Å². The fourth-order valence-corrected chi connectivity index (χ4v) is 2.88. The minimum Gasteiger partial charge on any atom is -0.310 e. The topological polar surface area (TPSA) is 3.24 Å². The van der Waals surface area contributed by atoms with Crippen molar-refractivity contribution in [2.75, 3.05) is 4.90 Å². The van der Waals surface area contributed by atoms with Crippen LogP contribution in [0.3, 0.4) is 0 Å². The van der Waals surface area contributed by atoms with Crippen LogP contribution in [0, 0.1) is 0 Å². The van der Waals surface area contributed by atoms with Crippen LogP contribution in [-0.4, -0.2) is 0 Å². The summed E-state index contributed by atoms with van der Waals surface area (Å²) in [5.74, 6) is 0.